The number of aromatic nitrogens is 4. The summed E-state index contributed by atoms with van der Waals surface area (Å²) in [7, 11) is 1.55. The highest BCUT2D eigenvalue weighted by Crippen LogP contribution is 2.40. The third-order valence-electron chi connectivity index (χ3n) is 5.95. The third-order valence-corrected chi connectivity index (χ3v) is 5.95. The van der Waals surface area contributed by atoms with E-state index < -0.39 is 0 Å². The molecule has 3 aromatic rings. The molecule has 0 atom stereocenters. The SMILES string of the molecule is COc1c(OCCO)cc(C(=O)Cn2nc3c(C)cc(OCC4CC4)nn3c2=N)cc1C(C)(C)C. The second kappa shape index (κ2) is 9.69. The monoisotopic (exact) mass is 483 g/mol. The number of aliphatic hydroxyl groups is 1. The minimum absolute atomic E-state index is 0.0189. The second-order valence-corrected chi connectivity index (χ2v) is 9.94. The molecule has 1 saturated carbocycles. The van der Waals surface area contributed by atoms with Crippen LogP contribution in [-0.2, 0) is 12.0 Å². The lowest BCUT2D eigenvalue weighted by Crippen LogP contribution is -2.26. The number of rotatable bonds is 10. The third kappa shape index (κ3) is 5.32. The Labute approximate surface area is 203 Å². The summed E-state index contributed by atoms with van der Waals surface area (Å²) in [5.41, 5.74) is 2.18. The highest BCUT2D eigenvalue weighted by Gasteiger charge is 2.26. The molecule has 1 aromatic carbocycles. The molecule has 0 radical (unpaired) electrons. The molecule has 35 heavy (non-hydrogen) atoms. The van der Waals surface area contributed by atoms with Crippen LogP contribution in [0.15, 0.2) is 18.2 Å². The maximum Gasteiger partial charge on any atom is 0.242 e. The Bertz CT molecular complexity index is 1300. The number of nitrogens with zero attached hydrogens (tertiary/aromatic N) is 4. The van der Waals surface area contributed by atoms with Crippen LogP contribution in [0, 0.1) is 18.3 Å². The Kier molecular flexibility index (Phi) is 6.84. The molecule has 0 bridgehead atoms. The number of aryl methyl sites for hydroxylation is 1. The van der Waals surface area contributed by atoms with Gasteiger partial charge in [0.25, 0.3) is 0 Å². The molecule has 0 spiro atoms. The van der Waals surface area contributed by atoms with Gasteiger partial charge >= 0.3 is 0 Å². The number of nitrogens with one attached hydrogen (secondary N) is 1. The molecule has 188 valence electrons. The van der Waals surface area contributed by atoms with Crippen LogP contribution in [0.4, 0.5) is 0 Å². The van der Waals surface area contributed by atoms with Crippen molar-refractivity contribution in [3.05, 3.63) is 40.5 Å². The number of benzene rings is 1. The van der Waals surface area contributed by atoms with E-state index in [0.29, 0.717) is 41.1 Å². The molecule has 1 aliphatic rings. The summed E-state index contributed by atoms with van der Waals surface area (Å²) in [6, 6.07) is 5.21. The largest absolute Gasteiger partial charge is 0.493 e. The number of carbonyl (C=O) groups is 1. The minimum atomic E-state index is -0.326. The van der Waals surface area contributed by atoms with Gasteiger partial charge in [-0.1, -0.05) is 20.8 Å². The summed E-state index contributed by atoms with van der Waals surface area (Å²) in [5.74, 6) is 1.71. The van der Waals surface area contributed by atoms with Gasteiger partial charge in [0.15, 0.2) is 22.9 Å². The Morgan fingerprint density at radius 3 is 2.57 bits per heavy atom. The quantitative estimate of drug-likeness (QED) is 0.425. The van der Waals surface area contributed by atoms with Crippen molar-refractivity contribution in [3.63, 3.8) is 0 Å². The van der Waals surface area contributed by atoms with E-state index in [2.05, 4.69) is 10.2 Å². The van der Waals surface area contributed by atoms with Gasteiger partial charge in [0.2, 0.25) is 11.5 Å². The smallest absolute Gasteiger partial charge is 0.242 e. The zero-order valence-electron chi connectivity index (χ0n) is 20.9. The van der Waals surface area contributed by atoms with Crippen molar-refractivity contribution in [2.45, 2.75) is 52.5 Å². The lowest BCUT2D eigenvalue weighted by atomic mass is 9.84. The number of methoxy groups -OCH3 is 1. The van der Waals surface area contributed by atoms with E-state index in [1.807, 2.05) is 27.7 Å². The molecule has 2 heterocycles. The van der Waals surface area contributed by atoms with Gasteiger partial charge in [0.05, 0.1) is 20.3 Å². The average molecular weight is 484 g/mol. The first-order valence-electron chi connectivity index (χ1n) is 11.8. The predicted octanol–water partition coefficient (Wildman–Crippen LogP) is 2.67. The molecule has 1 fully saturated rings. The first-order valence-corrected chi connectivity index (χ1v) is 11.8. The van der Waals surface area contributed by atoms with Crippen LogP contribution < -0.4 is 19.8 Å². The molecule has 0 aliphatic heterocycles. The first-order chi connectivity index (χ1) is 16.6. The van der Waals surface area contributed by atoms with Gasteiger partial charge in [-0.05, 0) is 43.2 Å². The molecule has 0 unspecified atom stereocenters. The van der Waals surface area contributed by atoms with Gasteiger partial charge in [0.1, 0.15) is 13.2 Å². The van der Waals surface area contributed by atoms with Gasteiger partial charge < -0.3 is 19.3 Å². The summed E-state index contributed by atoms with van der Waals surface area (Å²) >= 11 is 0. The summed E-state index contributed by atoms with van der Waals surface area (Å²) in [4.78, 5) is 13.3. The maximum absolute atomic E-state index is 13.3. The molecule has 4 rings (SSSR count). The van der Waals surface area contributed by atoms with Crippen LogP contribution in [-0.4, -0.2) is 57.2 Å². The molecule has 2 aromatic heterocycles. The van der Waals surface area contributed by atoms with E-state index in [9.17, 15) is 9.90 Å². The van der Waals surface area contributed by atoms with Crippen molar-refractivity contribution in [1.82, 2.24) is 19.4 Å². The number of Topliss-reactive ketones (excluding diaryl/α,β-unsaturated/α-hetero) is 1. The van der Waals surface area contributed by atoms with Gasteiger partial charge in [0, 0.05) is 22.8 Å². The number of ether oxygens (including phenoxy) is 3. The van der Waals surface area contributed by atoms with Crippen LogP contribution in [0.3, 0.4) is 0 Å². The number of ketones is 1. The molecule has 2 N–H and O–H groups in total. The standard InChI is InChI=1S/C25H33N5O5/c1-15-10-21(35-14-16-6-7-16)27-30-23(15)28-29(24(30)26)13-19(32)17-11-18(25(2,3)4)22(33-5)20(12-17)34-9-8-31/h10-12,16,26,31H,6-9,13-14H2,1-5H3. The van der Waals surface area contributed by atoms with Crippen LogP contribution >= 0.6 is 0 Å². The van der Waals surface area contributed by atoms with Gasteiger partial charge in [-0.25, -0.2) is 4.68 Å². The minimum Gasteiger partial charge on any atom is -0.493 e. The number of fused-ring (bicyclic) bond motifs is 1. The molecule has 0 saturated heterocycles. The van der Waals surface area contributed by atoms with Crippen LogP contribution in [0.5, 0.6) is 17.4 Å². The fourth-order valence-corrected chi connectivity index (χ4v) is 3.82. The average Bonchev–Trinajstić information content (AvgIpc) is 3.59. The maximum atomic E-state index is 13.3. The van der Waals surface area contributed by atoms with Crippen LogP contribution in [0.2, 0.25) is 0 Å². The number of hydrogen-bond acceptors (Lipinski definition) is 8. The van der Waals surface area contributed by atoms with Gasteiger partial charge in [-0.15, -0.1) is 10.2 Å². The lowest BCUT2D eigenvalue weighted by Gasteiger charge is -2.25. The van der Waals surface area contributed by atoms with E-state index in [1.54, 1.807) is 25.3 Å². The van der Waals surface area contributed by atoms with Crippen LogP contribution in [0.25, 0.3) is 5.65 Å². The van der Waals surface area contributed by atoms with Gasteiger partial charge in [-0.2, -0.15) is 4.52 Å². The van der Waals surface area contributed by atoms with Crippen molar-refractivity contribution in [1.29, 1.82) is 5.41 Å². The first kappa shape index (κ1) is 24.7. The van der Waals surface area contributed by atoms with Crippen molar-refractivity contribution >= 4 is 11.4 Å². The predicted molar refractivity (Wildman–Crippen MR) is 128 cm³/mol. The fourth-order valence-electron chi connectivity index (χ4n) is 3.82. The highest BCUT2D eigenvalue weighted by atomic mass is 16.5. The Balaban J connectivity index is 1.66. The normalized spacial score (nSPS) is 13.8. The molecular weight excluding hydrogens is 450 g/mol. The topological polar surface area (TPSA) is 124 Å². The number of aliphatic hydroxyl groups excluding tert-OH is 1. The molecule has 1 aliphatic carbocycles. The molecule has 0 amide bonds. The van der Waals surface area contributed by atoms with Crippen molar-refractivity contribution in [2.24, 2.45) is 5.92 Å². The summed E-state index contributed by atoms with van der Waals surface area (Å²) in [6.07, 6.45) is 2.35. The molecular formula is C25H33N5O5. The molecule has 10 heteroatoms. The Morgan fingerprint density at radius 2 is 1.94 bits per heavy atom. The number of hydrogen-bond donors (Lipinski definition) is 2. The van der Waals surface area contributed by atoms with Crippen molar-refractivity contribution in [2.75, 3.05) is 26.9 Å². The lowest BCUT2D eigenvalue weighted by molar-refractivity contribution is 0.0964. The van der Waals surface area contributed by atoms with Crippen LogP contribution in [0.1, 0.15) is 55.1 Å². The van der Waals surface area contributed by atoms with E-state index in [0.717, 1.165) is 11.1 Å². The van der Waals surface area contributed by atoms with E-state index in [-0.39, 0.29) is 36.6 Å². The highest BCUT2D eigenvalue weighted by molar-refractivity contribution is 5.97. The van der Waals surface area contributed by atoms with Gasteiger partial charge in [-0.3, -0.25) is 10.2 Å². The zero-order valence-corrected chi connectivity index (χ0v) is 20.9. The Morgan fingerprint density at radius 1 is 1.20 bits per heavy atom. The van der Waals surface area contributed by atoms with E-state index in [1.165, 1.54) is 22.0 Å². The fraction of sp³-hybridized carbons (Fsp3) is 0.520. The summed E-state index contributed by atoms with van der Waals surface area (Å²) < 4.78 is 19.8. The Hall–Kier alpha value is -3.40. The van der Waals surface area contributed by atoms with E-state index in [4.69, 9.17) is 19.6 Å². The number of carbonyl (C=O) groups excluding carboxylic acids is 1. The van der Waals surface area contributed by atoms with E-state index >= 15 is 0 Å². The van der Waals surface area contributed by atoms with Crippen molar-refractivity contribution < 1.29 is 24.1 Å². The molecule has 10 nitrogen and oxygen atoms in total. The summed E-state index contributed by atoms with van der Waals surface area (Å²) in [6.45, 7) is 8.32. The summed E-state index contributed by atoms with van der Waals surface area (Å²) in [5, 5.41) is 26.6. The second-order valence-electron chi connectivity index (χ2n) is 9.94. The van der Waals surface area contributed by atoms with Crippen molar-refractivity contribution in [3.8, 4) is 17.4 Å². The zero-order chi connectivity index (χ0) is 25.3.